The average molecular weight is 195 g/mol. The summed E-state index contributed by atoms with van der Waals surface area (Å²) in [7, 11) is 1.78. The number of nitrogens with zero attached hydrogens (tertiary/aromatic N) is 2. The average Bonchev–Trinajstić information content (AvgIpc) is 2.20. The fourth-order valence-corrected chi connectivity index (χ4v) is 1.55. The number of likely N-dealkylation sites (N-methyl/N-ethyl adjacent to an activating group) is 1. The maximum absolute atomic E-state index is 11.5. The van der Waals surface area contributed by atoms with Gasteiger partial charge in [-0.05, 0) is 7.05 Å². The van der Waals surface area contributed by atoms with Crippen LogP contribution in [0.3, 0.4) is 0 Å². The molecule has 1 saturated heterocycles. The largest absolute Gasteiger partial charge is 0.339 e. The molecule has 1 heterocycles. The Labute approximate surface area is 85.2 Å². The van der Waals surface area contributed by atoms with Crippen LogP contribution >= 0.6 is 0 Å². The first-order valence-electron chi connectivity index (χ1n) is 4.86. The highest BCUT2D eigenvalue weighted by atomic mass is 16.2. The number of carbonyl (C=O) groups is 1. The van der Waals surface area contributed by atoms with Gasteiger partial charge in [0.1, 0.15) is 0 Å². The first kappa shape index (κ1) is 11.0. The van der Waals surface area contributed by atoms with Crippen LogP contribution in [-0.4, -0.2) is 62.0 Å². The molecule has 0 aromatic rings. The van der Waals surface area contributed by atoms with Crippen LogP contribution in [0.4, 0.5) is 0 Å². The van der Waals surface area contributed by atoms with Gasteiger partial charge >= 0.3 is 0 Å². The highest BCUT2D eigenvalue weighted by Crippen LogP contribution is 2.00. The molecule has 0 aliphatic carbocycles. The van der Waals surface area contributed by atoms with Gasteiger partial charge in [-0.25, -0.2) is 0 Å². The Bertz CT molecular complexity index is 226. The minimum absolute atomic E-state index is 0.174. The van der Waals surface area contributed by atoms with Crippen molar-refractivity contribution in [2.24, 2.45) is 0 Å². The van der Waals surface area contributed by atoms with E-state index in [2.05, 4.69) is 16.1 Å². The van der Waals surface area contributed by atoms with Crippen molar-refractivity contribution >= 4 is 5.91 Å². The molecule has 4 nitrogen and oxygen atoms in total. The number of terminal acetylenes is 1. The van der Waals surface area contributed by atoms with Crippen LogP contribution in [0, 0.1) is 12.3 Å². The van der Waals surface area contributed by atoms with Gasteiger partial charge in [0, 0.05) is 26.2 Å². The zero-order chi connectivity index (χ0) is 10.4. The SMILES string of the molecule is C#CCN1CCN(C(=O)CNC)CC1. The van der Waals surface area contributed by atoms with Gasteiger partial charge in [0.2, 0.25) is 5.91 Å². The number of amides is 1. The molecule has 0 aromatic heterocycles. The minimum Gasteiger partial charge on any atom is -0.339 e. The molecule has 0 atom stereocenters. The van der Waals surface area contributed by atoms with Crippen LogP contribution in [0.1, 0.15) is 0 Å². The second-order valence-corrected chi connectivity index (χ2v) is 3.39. The zero-order valence-corrected chi connectivity index (χ0v) is 8.62. The summed E-state index contributed by atoms with van der Waals surface area (Å²) in [5, 5.41) is 2.86. The number of piperazine rings is 1. The third-order valence-corrected chi connectivity index (χ3v) is 2.37. The fraction of sp³-hybridized carbons (Fsp3) is 0.700. The molecule has 78 valence electrons. The molecule has 1 N–H and O–H groups in total. The zero-order valence-electron chi connectivity index (χ0n) is 8.62. The van der Waals surface area contributed by atoms with Gasteiger partial charge in [-0.15, -0.1) is 6.42 Å². The fourth-order valence-electron chi connectivity index (χ4n) is 1.55. The molecule has 0 unspecified atom stereocenters. The third kappa shape index (κ3) is 3.02. The quantitative estimate of drug-likeness (QED) is 0.586. The van der Waals surface area contributed by atoms with Crippen molar-refractivity contribution in [1.82, 2.24) is 15.1 Å². The molecule has 14 heavy (non-hydrogen) atoms. The number of nitrogens with one attached hydrogen (secondary N) is 1. The Hall–Kier alpha value is -1.05. The van der Waals surface area contributed by atoms with E-state index in [9.17, 15) is 4.79 Å². The lowest BCUT2D eigenvalue weighted by Crippen LogP contribution is -2.50. The lowest BCUT2D eigenvalue weighted by atomic mass is 10.3. The standard InChI is InChI=1S/C10H17N3O/c1-3-4-12-5-7-13(8-6-12)10(14)9-11-2/h1,11H,4-9H2,2H3. The van der Waals surface area contributed by atoms with Gasteiger partial charge < -0.3 is 10.2 Å². The summed E-state index contributed by atoms with van der Waals surface area (Å²) < 4.78 is 0. The summed E-state index contributed by atoms with van der Waals surface area (Å²) in [4.78, 5) is 15.5. The summed E-state index contributed by atoms with van der Waals surface area (Å²) in [5.41, 5.74) is 0. The molecular formula is C10H17N3O. The first-order chi connectivity index (χ1) is 6.77. The Morgan fingerprint density at radius 2 is 2.07 bits per heavy atom. The lowest BCUT2D eigenvalue weighted by Gasteiger charge is -2.33. The van der Waals surface area contributed by atoms with Crippen LogP contribution in [0.25, 0.3) is 0 Å². The second kappa shape index (κ2) is 5.63. The number of carbonyl (C=O) groups excluding carboxylic acids is 1. The molecular weight excluding hydrogens is 178 g/mol. The molecule has 1 aliphatic heterocycles. The molecule has 0 saturated carbocycles. The molecule has 1 amide bonds. The van der Waals surface area contributed by atoms with Crippen LogP contribution in [0.15, 0.2) is 0 Å². The maximum atomic E-state index is 11.5. The molecule has 0 spiro atoms. The van der Waals surface area contributed by atoms with Gasteiger partial charge in [0.05, 0.1) is 13.1 Å². The van der Waals surface area contributed by atoms with E-state index in [0.29, 0.717) is 13.1 Å². The van der Waals surface area contributed by atoms with Gasteiger partial charge in [0.15, 0.2) is 0 Å². The van der Waals surface area contributed by atoms with Crippen LogP contribution in [-0.2, 0) is 4.79 Å². The van der Waals surface area contributed by atoms with Crippen molar-refractivity contribution in [2.45, 2.75) is 0 Å². The first-order valence-corrected chi connectivity index (χ1v) is 4.86. The Morgan fingerprint density at radius 3 is 2.57 bits per heavy atom. The van der Waals surface area contributed by atoms with E-state index in [1.807, 2.05) is 4.90 Å². The van der Waals surface area contributed by atoms with E-state index >= 15 is 0 Å². The van der Waals surface area contributed by atoms with E-state index in [0.717, 1.165) is 26.2 Å². The molecule has 1 rings (SSSR count). The van der Waals surface area contributed by atoms with Crippen LogP contribution < -0.4 is 5.32 Å². The van der Waals surface area contributed by atoms with Crippen LogP contribution in [0.2, 0.25) is 0 Å². The predicted molar refractivity (Wildman–Crippen MR) is 55.8 cm³/mol. The molecule has 0 radical (unpaired) electrons. The van der Waals surface area contributed by atoms with E-state index < -0.39 is 0 Å². The monoisotopic (exact) mass is 195 g/mol. The number of hydrogen-bond donors (Lipinski definition) is 1. The van der Waals surface area contributed by atoms with E-state index in [-0.39, 0.29) is 5.91 Å². The number of hydrogen-bond acceptors (Lipinski definition) is 3. The summed E-state index contributed by atoms with van der Waals surface area (Å²) in [6, 6.07) is 0. The molecule has 4 heteroatoms. The van der Waals surface area contributed by atoms with E-state index in [4.69, 9.17) is 6.42 Å². The van der Waals surface area contributed by atoms with Crippen molar-refractivity contribution in [2.75, 3.05) is 46.3 Å². The second-order valence-electron chi connectivity index (χ2n) is 3.39. The van der Waals surface area contributed by atoms with E-state index in [1.54, 1.807) is 7.05 Å². The van der Waals surface area contributed by atoms with Crippen molar-refractivity contribution < 1.29 is 4.79 Å². The maximum Gasteiger partial charge on any atom is 0.236 e. The number of rotatable bonds is 3. The summed E-state index contributed by atoms with van der Waals surface area (Å²) in [5.74, 6) is 2.79. The molecule has 0 bridgehead atoms. The minimum atomic E-state index is 0.174. The van der Waals surface area contributed by atoms with Crippen LogP contribution in [0.5, 0.6) is 0 Å². The topological polar surface area (TPSA) is 35.6 Å². The van der Waals surface area contributed by atoms with Crippen molar-refractivity contribution in [3.05, 3.63) is 0 Å². The summed E-state index contributed by atoms with van der Waals surface area (Å²) in [6.45, 7) is 4.48. The van der Waals surface area contributed by atoms with E-state index in [1.165, 1.54) is 0 Å². The molecule has 1 fully saturated rings. The van der Waals surface area contributed by atoms with Gasteiger partial charge in [0.25, 0.3) is 0 Å². The molecule has 0 aromatic carbocycles. The predicted octanol–water partition coefficient (Wildman–Crippen LogP) is -1.02. The van der Waals surface area contributed by atoms with Crippen molar-refractivity contribution in [3.8, 4) is 12.3 Å². The summed E-state index contributed by atoms with van der Waals surface area (Å²) >= 11 is 0. The normalized spacial score (nSPS) is 17.9. The molecule has 1 aliphatic rings. The Kier molecular flexibility index (Phi) is 4.44. The van der Waals surface area contributed by atoms with Gasteiger partial charge in [-0.1, -0.05) is 5.92 Å². The summed E-state index contributed by atoms with van der Waals surface area (Å²) in [6.07, 6.45) is 5.22. The van der Waals surface area contributed by atoms with Gasteiger partial charge in [-0.2, -0.15) is 0 Å². The Morgan fingerprint density at radius 1 is 1.43 bits per heavy atom. The van der Waals surface area contributed by atoms with Crippen molar-refractivity contribution in [3.63, 3.8) is 0 Å². The van der Waals surface area contributed by atoms with Crippen molar-refractivity contribution in [1.29, 1.82) is 0 Å². The highest BCUT2D eigenvalue weighted by Gasteiger charge is 2.19. The lowest BCUT2D eigenvalue weighted by molar-refractivity contribution is -0.131. The smallest absolute Gasteiger partial charge is 0.236 e. The highest BCUT2D eigenvalue weighted by molar-refractivity contribution is 5.78. The Balaban J connectivity index is 2.28. The van der Waals surface area contributed by atoms with Gasteiger partial charge in [-0.3, -0.25) is 9.69 Å². The third-order valence-electron chi connectivity index (χ3n) is 2.37.